The van der Waals surface area contributed by atoms with Gasteiger partial charge in [-0.15, -0.1) is 0 Å². The molecule has 1 N–H and O–H groups in total. The van der Waals surface area contributed by atoms with Crippen LogP contribution < -0.4 is 5.32 Å². The fraction of sp³-hybridized carbons (Fsp3) is 1.00. The van der Waals surface area contributed by atoms with Crippen molar-refractivity contribution in [2.24, 2.45) is 0 Å². The molecule has 0 bridgehead atoms. The monoisotopic (exact) mass is 149 g/mol. The van der Waals surface area contributed by atoms with E-state index in [1.807, 2.05) is 20.9 Å². The average molecular weight is 149 g/mol. The maximum Gasteiger partial charge on any atom is 0.146 e. The first-order chi connectivity index (χ1) is 4.18. The summed E-state index contributed by atoms with van der Waals surface area (Å²) in [5.74, 6) is 0. The van der Waals surface area contributed by atoms with Crippen molar-refractivity contribution in [1.29, 1.82) is 0 Å². The quantitative estimate of drug-likeness (QED) is 0.554. The summed E-state index contributed by atoms with van der Waals surface area (Å²) in [5.41, 5.74) is 0. The van der Waals surface area contributed by atoms with Gasteiger partial charge in [-0.2, -0.15) is 0 Å². The molecule has 0 unspecified atom stereocenters. The number of hydrogen-bond donors (Lipinski definition) is 1. The van der Waals surface area contributed by atoms with Crippen LogP contribution in [-0.2, 0) is 4.43 Å². The molecule has 0 amide bonds. The molecule has 0 rings (SSSR count). The molecule has 0 spiro atoms. The van der Waals surface area contributed by atoms with Gasteiger partial charge in [-0.25, -0.2) is 0 Å². The largest absolute Gasteiger partial charge is 0.426 e. The van der Waals surface area contributed by atoms with Crippen LogP contribution in [-0.4, -0.2) is 30.2 Å². The topological polar surface area (TPSA) is 21.3 Å². The minimum Gasteiger partial charge on any atom is -0.426 e. The maximum absolute atomic E-state index is 4.89. The fourth-order valence-electron chi connectivity index (χ4n) is 0. The lowest BCUT2D eigenvalue weighted by Crippen LogP contribution is -2.01. The molecule has 3 heteroatoms. The van der Waals surface area contributed by atoms with Gasteiger partial charge in [-0.3, -0.25) is 0 Å². The van der Waals surface area contributed by atoms with E-state index in [0.717, 1.165) is 17.0 Å². The van der Waals surface area contributed by atoms with E-state index in [2.05, 4.69) is 12.2 Å². The predicted octanol–water partition coefficient (Wildman–Crippen LogP) is -0.0825. The molecule has 9 heavy (non-hydrogen) atoms. The van der Waals surface area contributed by atoms with Gasteiger partial charge < -0.3 is 9.74 Å². The van der Waals surface area contributed by atoms with Crippen LogP contribution >= 0.6 is 0 Å². The van der Waals surface area contributed by atoms with Crippen LogP contribution in [0.25, 0.3) is 0 Å². The summed E-state index contributed by atoms with van der Waals surface area (Å²) in [4.78, 5) is 0. The molecule has 0 aliphatic heterocycles. The molecule has 0 aliphatic rings. The first kappa shape index (κ1) is 11.9. The highest BCUT2D eigenvalue weighted by Gasteiger charge is 1.77. The summed E-state index contributed by atoms with van der Waals surface area (Å²) in [6.07, 6.45) is 0.446. The van der Waals surface area contributed by atoms with Crippen LogP contribution in [0.5, 0.6) is 0 Å². The molecule has 2 nitrogen and oxygen atoms in total. The zero-order valence-corrected chi connectivity index (χ0v) is 9.19. The summed E-state index contributed by atoms with van der Waals surface area (Å²) in [5, 5.41) is 2.93. The molecule has 0 heterocycles. The second-order valence-electron chi connectivity index (χ2n) is 1.99. The number of nitrogens with one attached hydrogen (secondary N) is 1. The molecule has 0 atom stereocenters. The van der Waals surface area contributed by atoms with Gasteiger partial charge >= 0.3 is 0 Å². The summed E-state index contributed by atoms with van der Waals surface area (Å²) in [6.45, 7) is 7.21. The third-order valence-electron chi connectivity index (χ3n) is 0.825. The van der Waals surface area contributed by atoms with E-state index in [9.17, 15) is 0 Å². The van der Waals surface area contributed by atoms with Crippen molar-refractivity contribution < 1.29 is 4.43 Å². The Morgan fingerprint density at radius 2 is 1.78 bits per heavy atom. The molecule has 0 aromatic carbocycles. The van der Waals surface area contributed by atoms with Gasteiger partial charge in [0.2, 0.25) is 0 Å². The molecule has 0 aromatic rings. The van der Waals surface area contributed by atoms with Crippen LogP contribution in [0.2, 0.25) is 0 Å². The summed E-state index contributed by atoms with van der Waals surface area (Å²) < 4.78 is 4.89. The van der Waals surface area contributed by atoms with Crippen molar-refractivity contribution in [3.05, 3.63) is 0 Å². The molecule has 0 aliphatic carbocycles. The standard InChI is InChI=1S/C3H9N.C3H10OSi/c1-3-4-2;1-3(2)4-5/h4H,3H2,1-2H3;3H,1-2,5H3. The summed E-state index contributed by atoms with van der Waals surface area (Å²) in [7, 11) is 2.80. The zero-order valence-electron chi connectivity index (χ0n) is 7.19. The highest BCUT2D eigenvalue weighted by atomic mass is 28.2. The van der Waals surface area contributed by atoms with Gasteiger partial charge in [0.25, 0.3) is 0 Å². The van der Waals surface area contributed by atoms with E-state index in [-0.39, 0.29) is 0 Å². The highest BCUT2D eigenvalue weighted by Crippen LogP contribution is 1.76. The molecular weight excluding hydrogens is 130 g/mol. The van der Waals surface area contributed by atoms with Crippen molar-refractivity contribution in [2.75, 3.05) is 13.6 Å². The van der Waals surface area contributed by atoms with E-state index < -0.39 is 0 Å². The van der Waals surface area contributed by atoms with Crippen LogP contribution in [0, 0.1) is 0 Å². The highest BCUT2D eigenvalue weighted by molar-refractivity contribution is 5.98. The summed E-state index contributed by atoms with van der Waals surface area (Å²) in [6, 6.07) is 0. The SMILES string of the molecule is CC(C)O[SiH3].CCNC. The van der Waals surface area contributed by atoms with Crippen LogP contribution in [0.4, 0.5) is 0 Å². The minimum absolute atomic E-state index is 0.446. The molecule has 0 fully saturated rings. The molecule has 0 aromatic heterocycles. The predicted molar refractivity (Wildman–Crippen MR) is 45.8 cm³/mol. The molecule has 0 saturated carbocycles. The van der Waals surface area contributed by atoms with E-state index in [1.54, 1.807) is 0 Å². The van der Waals surface area contributed by atoms with E-state index in [0.29, 0.717) is 6.10 Å². The van der Waals surface area contributed by atoms with Gasteiger partial charge in [0.1, 0.15) is 10.5 Å². The Balaban J connectivity index is 0. The second kappa shape index (κ2) is 11.0. The summed E-state index contributed by atoms with van der Waals surface area (Å²) >= 11 is 0. The third-order valence-corrected chi connectivity index (χ3v) is 1.77. The van der Waals surface area contributed by atoms with Crippen LogP contribution in [0.1, 0.15) is 20.8 Å². The Bertz CT molecular complexity index is 40.0. The van der Waals surface area contributed by atoms with Crippen molar-refractivity contribution >= 4 is 10.5 Å². The molecule has 58 valence electrons. The normalized spacial score (nSPS) is 9.00. The van der Waals surface area contributed by atoms with Gasteiger partial charge in [-0.05, 0) is 27.4 Å². The van der Waals surface area contributed by atoms with E-state index >= 15 is 0 Å². The van der Waals surface area contributed by atoms with Crippen molar-refractivity contribution in [3.63, 3.8) is 0 Å². The second-order valence-corrected chi connectivity index (χ2v) is 2.46. The Labute approximate surface area is 61.5 Å². The lowest BCUT2D eigenvalue weighted by atomic mass is 10.5. The Morgan fingerprint density at radius 1 is 1.56 bits per heavy atom. The van der Waals surface area contributed by atoms with Crippen LogP contribution in [0.15, 0.2) is 0 Å². The van der Waals surface area contributed by atoms with E-state index in [1.165, 1.54) is 0 Å². The van der Waals surface area contributed by atoms with Crippen molar-refractivity contribution in [3.8, 4) is 0 Å². The van der Waals surface area contributed by atoms with Gasteiger partial charge in [-0.1, -0.05) is 6.92 Å². The minimum atomic E-state index is 0.446. The van der Waals surface area contributed by atoms with Gasteiger partial charge in [0.05, 0.1) is 0 Å². The average Bonchev–Trinajstić information content (AvgIpc) is 1.89. The third kappa shape index (κ3) is 31.1. The number of rotatable bonds is 2. The van der Waals surface area contributed by atoms with Crippen molar-refractivity contribution in [2.45, 2.75) is 26.9 Å². The Morgan fingerprint density at radius 3 is 1.78 bits per heavy atom. The number of hydrogen-bond acceptors (Lipinski definition) is 2. The van der Waals surface area contributed by atoms with Crippen molar-refractivity contribution in [1.82, 2.24) is 5.32 Å². The van der Waals surface area contributed by atoms with E-state index in [4.69, 9.17) is 4.43 Å². The maximum atomic E-state index is 4.89. The smallest absolute Gasteiger partial charge is 0.146 e. The fourth-order valence-corrected chi connectivity index (χ4v) is 0. The van der Waals surface area contributed by atoms with Crippen LogP contribution in [0.3, 0.4) is 0 Å². The van der Waals surface area contributed by atoms with Gasteiger partial charge in [0, 0.05) is 6.10 Å². The molecule has 0 radical (unpaired) electrons. The first-order valence-electron chi connectivity index (χ1n) is 3.36. The van der Waals surface area contributed by atoms with Gasteiger partial charge in [0.15, 0.2) is 0 Å². The lowest BCUT2D eigenvalue weighted by Gasteiger charge is -1.95. The Kier molecular flexibility index (Phi) is 14.5. The Hall–Kier alpha value is 0.137. The molecule has 0 saturated heterocycles. The zero-order chi connectivity index (χ0) is 7.70. The molecular formula is C6H19NOSi. The first-order valence-corrected chi connectivity index (χ1v) is 4.18. The lowest BCUT2D eigenvalue weighted by molar-refractivity contribution is 0.267.